The first-order valence-corrected chi connectivity index (χ1v) is 23.7. The van der Waals surface area contributed by atoms with Crippen LogP contribution in [0.25, 0.3) is 11.0 Å². The number of piperidine rings is 1. The number of hydrogen-bond donors (Lipinski definition) is 4. The second kappa shape index (κ2) is 20.3. The van der Waals surface area contributed by atoms with E-state index in [1.54, 1.807) is 23.4 Å². The van der Waals surface area contributed by atoms with Crippen LogP contribution in [0.15, 0.2) is 41.2 Å². The Morgan fingerprint density at radius 3 is 2.37 bits per heavy atom. The van der Waals surface area contributed by atoms with E-state index in [9.17, 15) is 38.4 Å². The van der Waals surface area contributed by atoms with Crippen LogP contribution in [-0.4, -0.2) is 91.5 Å². The van der Waals surface area contributed by atoms with Gasteiger partial charge in [-0.15, -0.1) is 0 Å². The summed E-state index contributed by atoms with van der Waals surface area (Å²) >= 11 is 6.50. The maximum Gasteiger partial charge on any atom is 0.329 e. The Morgan fingerprint density at radius 2 is 1.68 bits per heavy atom. The molecule has 5 atom stereocenters. The molecule has 1 aromatic heterocycles. The number of nitrogens with one attached hydrogen (secondary N) is 3. The van der Waals surface area contributed by atoms with E-state index in [0.717, 1.165) is 55.2 Å². The van der Waals surface area contributed by atoms with E-state index in [2.05, 4.69) is 29.8 Å². The molecule has 3 saturated heterocycles. The van der Waals surface area contributed by atoms with E-state index in [1.165, 1.54) is 4.57 Å². The number of halogens is 1. The summed E-state index contributed by atoms with van der Waals surface area (Å²) in [5.74, 6) is -2.39. The van der Waals surface area contributed by atoms with Crippen molar-refractivity contribution in [2.45, 2.75) is 141 Å². The van der Waals surface area contributed by atoms with E-state index in [4.69, 9.17) is 17.3 Å². The van der Waals surface area contributed by atoms with Crippen molar-refractivity contribution < 1.29 is 33.6 Å². The molecule has 0 spiro atoms. The van der Waals surface area contributed by atoms with Gasteiger partial charge in [-0.05, 0) is 117 Å². The van der Waals surface area contributed by atoms with E-state index in [0.29, 0.717) is 47.8 Å². The van der Waals surface area contributed by atoms with Crippen molar-refractivity contribution in [2.24, 2.45) is 30.5 Å². The summed E-state index contributed by atoms with van der Waals surface area (Å²) < 4.78 is 3.04. The summed E-state index contributed by atoms with van der Waals surface area (Å²) in [7, 11) is 1.69. The van der Waals surface area contributed by atoms with Crippen molar-refractivity contribution in [1.82, 2.24) is 34.9 Å². The van der Waals surface area contributed by atoms with E-state index < -0.39 is 47.7 Å². The molecule has 0 radical (unpaired) electrons. The van der Waals surface area contributed by atoms with E-state index >= 15 is 0 Å². The van der Waals surface area contributed by atoms with E-state index in [1.807, 2.05) is 41.3 Å². The Labute approximate surface area is 384 Å². The first-order valence-electron chi connectivity index (χ1n) is 23.3. The molecule has 65 heavy (non-hydrogen) atoms. The molecule has 4 heterocycles. The lowest BCUT2D eigenvalue weighted by molar-refractivity contribution is -0.148. The number of fused-ring (bicyclic) bond motifs is 2. The molecule has 1 unspecified atom stereocenters. The molecule has 1 aliphatic carbocycles. The number of rotatable bonds is 14. The molecule has 3 aromatic rings. The Morgan fingerprint density at radius 1 is 0.923 bits per heavy atom. The SMILES string of the molecule is CC(C)c1ccc(CNC(=O)[C@H](CCC(N)=O)NC(=O)[C@@H]2CC[C@@H]3CCN(C(=O)C4CCC(CCc5ccc6c(c5)n(C)c(=O)n6C5CCC(=O)NC5=O)CC4)C[C@H](C)C(=O)N32)c(Cl)c1. The predicted molar refractivity (Wildman–Crippen MR) is 244 cm³/mol. The minimum Gasteiger partial charge on any atom is -0.370 e. The van der Waals surface area contributed by atoms with Gasteiger partial charge < -0.3 is 26.2 Å². The number of aryl methyl sites for hydroxylation is 2. The zero-order valence-electron chi connectivity index (χ0n) is 37.9. The third-order valence-electron chi connectivity index (χ3n) is 14.2. The van der Waals surface area contributed by atoms with Gasteiger partial charge in [-0.25, -0.2) is 4.79 Å². The van der Waals surface area contributed by atoms with Crippen molar-refractivity contribution >= 4 is 64.0 Å². The van der Waals surface area contributed by atoms with Gasteiger partial charge in [0.1, 0.15) is 18.1 Å². The standard InChI is InChI=1S/C48H63ClN8O8/c1-27(2)32-12-13-33(35(49)24-32)25-51-43(60)36(15-19-41(50)58)52-44(61)38-17-14-34-21-22-55(26-28(3)46(63)56(34)38)47(64)31-10-7-29(8-11-31)5-6-30-9-16-37-40(23-30)54(4)48(65)57(37)39-18-20-42(59)53-45(39)62/h9,12-13,16,23-24,27-29,31,34,36,38-39H,5-8,10-11,14-15,17-22,25-26H2,1-4H3,(H2,50,58)(H,51,60)(H,52,61)(H,53,59,62)/t28-,29?,31?,34+,36-,38-,39?/m0/s1. The smallest absolute Gasteiger partial charge is 0.329 e. The topological polar surface area (TPSA) is 215 Å². The van der Waals surface area contributed by atoms with Crippen LogP contribution in [-0.2, 0) is 53.6 Å². The average Bonchev–Trinajstić information content (AvgIpc) is 3.81. The van der Waals surface area contributed by atoms with Crippen LogP contribution < -0.4 is 27.4 Å². The fraction of sp³-hybridized carbons (Fsp3) is 0.583. The molecule has 16 nitrogen and oxygen atoms in total. The van der Waals surface area contributed by atoms with Gasteiger partial charge in [0.25, 0.3) is 0 Å². The zero-order chi connectivity index (χ0) is 46.7. The van der Waals surface area contributed by atoms with Gasteiger partial charge in [-0.3, -0.25) is 48.0 Å². The number of primary amides is 1. The normalized spacial score (nSPS) is 24.3. The number of carbonyl (C=O) groups excluding carboxylic acids is 7. The number of nitrogens with zero attached hydrogens (tertiary/aromatic N) is 4. The third kappa shape index (κ3) is 10.6. The number of imide groups is 1. The quantitative estimate of drug-likeness (QED) is 0.172. The van der Waals surface area contributed by atoms with Crippen molar-refractivity contribution in [3.63, 3.8) is 0 Å². The van der Waals surface area contributed by atoms with Crippen LogP contribution in [0.2, 0.25) is 5.02 Å². The van der Waals surface area contributed by atoms with Crippen LogP contribution in [0.4, 0.5) is 0 Å². The molecular formula is C48H63ClN8O8. The minimum atomic E-state index is -1.05. The molecule has 350 valence electrons. The first kappa shape index (κ1) is 47.5. The zero-order valence-corrected chi connectivity index (χ0v) is 38.7. The molecule has 7 rings (SSSR count). The Hall–Kier alpha value is -5.51. The fourth-order valence-electron chi connectivity index (χ4n) is 10.3. The molecule has 4 fully saturated rings. The van der Waals surface area contributed by atoms with Gasteiger partial charge >= 0.3 is 5.69 Å². The molecule has 2 aromatic carbocycles. The molecule has 1 saturated carbocycles. The Bertz CT molecular complexity index is 2400. The van der Waals surface area contributed by atoms with Crippen molar-refractivity contribution in [1.29, 1.82) is 0 Å². The van der Waals surface area contributed by atoms with Crippen LogP contribution in [0, 0.1) is 17.8 Å². The number of imidazole rings is 1. The third-order valence-corrected chi connectivity index (χ3v) is 14.6. The summed E-state index contributed by atoms with van der Waals surface area (Å²) in [6.07, 6.45) is 7.00. The highest BCUT2D eigenvalue weighted by molar-refractivity contribution is 6.31. The van der Waals surface area contributed by atoms with E-state index in [-0.39, 0.29) is 80.1 Å². The van der Waals surface area contributed by atoms with Crippen LogP contribution in [0.5, 0.6) is 0 Å². The van der Waals surface area contributed by atoms with Crippen molar-refractivity contribution in [2.75, 3.05) is 13.1 Å². The number of carbonyl (C=O) groups is 7. The summed E-state index contributed by atoms with van der Waals surface area (Å²) in [5.41, 5.74) is 9.41. The van der Waals surface area contributed by atoms with Gasteiger partial charge in [0, 0.05) is 56.5 Å². The largest absolute Gasteiger partial charge is 0.370 e. The van der Waals surface area contributed by atoms with Gasteiger partial charge in [-0.2, -0.15) is 0 Å². The second-order valence-electron chi connectivity index (χ2n) is 19.0. The second-order valence-corrected chi connectivity index (χ2v) is 19.4. The summed E-state index contributed by atoms with van der Waals surface area (Å²) in [4.78, 5) is 108. The molecule has 3 aliphatic heterocycles. The number of amides is 7. The summed E-state index contributed by atoms with van der Waals surface area (Å²) in [6, 6.07) is 8.76. The predicted octanol–water partition coefficient (Wildman–Crippen LogP) is 4.13. The molecule has 5 N–H and O–H groups in total. The van der Waals surface area contributed by atoms with Crippen LogP contribution >= 0.6 is 11.6 Å². The molecule has 0 bridgehead atoms. The highest BCUT2D eigenvalue weighted by Crippen LogP contribution is 2.36. The molecule has 4 aliphatic rings. The average molecular weight is 916 g/mol. The highest BCUT2D eigenvalue weighted by atomic mass is 35.5. The Balaban J connectivity index is 0.906. The lowest BCUT2D eigenvalue weighted by Gasteiger charge is -2.39. The summed E-state index contributed by atoms with van der Waals surface area (Å²) in [6.45, 7) is 6.79. The van der Waals surface area contributed by atoms with Gasteiger partial charge in [0.2, 0.25) is 41.4 Å². The maximum absolute atomic E-state index is 14.1. The van der Waals surface area contributed by atoms with Gasteiger partial charge in [-0.1, -0.05) is 50.6 Å². The molecule has 7 amide bonds. The van der Waals surface area contributed by atoms with Gasteiger partial charge in [0.15, 0.2) is 0 Å². The number of aromatic nitrogens is 2. The molecule has 17 heteroatoms. The van der Waals surface area contributed by atoms with Gasteiger partial charge in [0.05, 0.1) is 17.0 Å². The first-order chi connectivity index (χ1) is 31.0. The fourth-order valence-corrected chi connectivity index (χ4v) is 10.6. The lowest BCUT2D eigenvalue weighted by atomic mass is 9.79. The maximum atomic E-state index is 14.1. The number of hydrogen-bond acceptors (Lipinski definition) is 8. The Kier molecular flexibility index (Phi) is 14.8. The minimum absolute atomic E-state index is 0.00330. The van der Waals surface area contributed by atoms with Crippen molar-refractivity contribution in [3.8, 4) is 0 Å². The monoisotopic (exact) mass is 914 g/mol. The van der Waals surface area contributed by atoms with Crippen LogP contribution in [0.3, 0.4) is 0 Å². The number of nitrogens with two attached hydrogens (primary N) is 1. The van der Waals surface area contributed by atoms with Crippen molar-refractivity contribution in [3.05, 3.63) is 68.6 Å². The highest BCUT2D eigenvalue weighted by Gasteiger charge is 2.45. The molecular weight excluding hydrogens is 852 g/mol. The van der Waals surface area contributed by atoms with Crippen LogP contribution in [0.1, 0.15) is 126 Å². The lowest BCUT2D eigenvalue weighted by Crippen LogP contribution is -2.57. The number of benzene rings is 2. The summed E-state index contributed by atoms with van der Waals surface area (Å²) in [5, 5.41) is 8.53.